The van der Waals surface area contributed by atoms with E-state index < -0.39 is 0 Å². The molecule has 3 heteroatoms. The number of hydrogen-bond acceptors (Lipinski definition) is 1. The van der Waals surface area contributed by atoms with Gasteiger partial charge in [-0.3, -0.25) is 0 Å². The van der Waals surface area contributed by atoms with Gasteiger partial charge in [0.15, 0.2) is 0 Å². The van der Waals surface area contributed by atoms with E-state index in [0.717, 1.165) is 5.75 Å². The van der Waals surface area contributed by atoms with Crippen LogP contribution >= 0.6 is 0 Å². The average Bonchev–Trinajstić information content (AvgIpc) is 3.66. The molecular formula is C56H76OSiZr-4. The van der Waals surface area contributed by atoms with E-state index in [1.807, 2.05) is 7.11 Å². The second-order valence-corrected chi connectivity index (χ2v) is 21.6. The van der Waals surface area contributed by atoms with Gasteiger partial charge in [-0.05, 0) is 78.5 Å². The first kappa shape index (κ1) is 52.1. The molecule has 0 aliphatic heterocycles. The van der Waals surface area contributed by atoms with Crippen LogP contribution < -0.4 is 4.74 Å². The number of fused-ring (bicyclic) bond motifs is 2. The van der Waals surface area contributed by atoms with Crippen molar-refractivity contribution in [2.75, 3.05) is 7.11 Å². The Kier molecular flexibility index (Phi) is 16.7. The Morgan fingerprint density at radius 1 is 0.458 bits per heavy atom. The van der Waals surface area contributed by atoms with E-state index in [2.05, 4.69) is 210 Å². The van der Waals surface area contributed by atoms with Crippen molar-refractivity contribution in [2.24, 2.45) is 0 Å². The fraction of sp³-hybridized carbons (Fsp3) is 0.429. The Labute approximate surface area is 379 Å². The molecule has 0 aliphatic carbocycles. The van der Waals surface area contributed by atoms with Gasteiger partial charge in [0, 0.05) is 0 Å². The van der Waals surface area contributed by atoms with Crippen LogP contribution in [0.5, 0.6) is 5.75 Å². The minimum atomic E-state index is -0.00600. The van der Waals surface area contributed by atoms with Crippen molar-refractivity contribution in [1.82, 2.24) is 0 Å². The molecule has 59 heavy (non-hydrogen) atoms. The van der Waals surface area contributed by atoms with E-state index in [-0.39, 0.29) is 41.9 Å². The number of hydrogen-bond donors (Lipinski definition) is 0. The van der Waals surface area contributed by atoms with Gasteiger partial charge < -0.3 is 19.6 Å². The summed E-state index contributed by atoms with van der Waals surface area (Å²) in [5.74, 6) is 1.01. The predicted molar refractivity (Wildman–Crippen MR) is 263 cm³/mol. The third-order valence-electron chi connectivity index (χ3n) is 11.2. The Morgan fingerprint density at radius 3 is 1.20 bits per heavy atom. The average molecular weight is 885 g/mol. The molecule has 0 saturated heterocycles. The maximum absolute atomic E-state index is 6.13. The fourth-order valence-electron chi connectivity index (χ4n) is 7.69. The van der Waals surface area contributed by atoms with Crippen LogP contribution in [-0.4, -0.2) is 14.0 Å². The van der Waals surface area contributed by atoms with Crippen molar-refractivity contribution in [3.05, 3.63) is 138 Å². The van der Waals surface area contributed by atoms with Gasteiger partial charge in [-0.1, -0.05) is 171 Å². The Balaban J connectivity index is 0.000000383. The molecule has 0 atom stereocenters. The first-order chi connectivity index (χ1) is 26.1. The summed E-state index contributed by atoms with van der Waals surface area (Å²) in [5, 5.41) is 5.30. The first-order valence-electron chi connectivity index (χ1n) is 20.6. The van der Waals surface area contributed by atoms with Crippen LogP contribution in [0.4, 0.5) is 0 Å². The molecular weight excluding hydrogens is 808 g/mol. The zero-order chi connectivity index (χ0) is 43.2. The van der Waals surface area contributed by atoms with Crippen LogP contribution in [-0.2, 0) is 50.4 Å². The van der Waals surface area contributed by atoms with Gasteiger partial charge in [0.1, 0.15) is 5.75 Å². The van der Waals surface area contributed by atoms with Gasteiger partial charge in [0.2, 0.25) is 0 Å². The molecule has 6 aromatic carbocycles. The number of aryl methyl sites for hydroxylation is 3. The number of benzene rings is 4. The summed E-state index contributed by atoms with van der Waals surface area (Å²) < 4.78 is 6.13. The summed E-state index contributed by atoms with van der Waals surface area (Å²) in [5.41, 5.74) is 16.4. The monoisotopic (exact) mass is 882 g/mol. The quantitative estimate of drug-likeness (QED) is 0.127. The molecule has 0 heterocycles. The van der Waals surface area contributed by atoms with Crippen LogP contribution in [0.3, 0.4) is 0 Å². The molecule has 0 aliphatic rings. The molecule has 6 rings (SSSR count). The minimum absolute atomic E-state index is 0. The molecule has 0 fully saturated rings. The zero-order valence-electron chi connectivity index (χ0n) is 40.9. The second-order valence-electron chi connectivity index (χ2n) is 21.6. The Morgan fingerprint density at radius 2 is 0.831 bits per heavy atom. The predicted octanol–water partition coefficient (Wildman–Crippen LogP) is 16.4. The molecule has 2 radical (unpaired) electrons. The Bertz CT molecular complexity index is 2300. The summed E-state index contributed by atoms with van der Waals surface area (Å²) in [6, 6.07) is 30.5. The second kappa shape index (κ2) is 18.9. The van der Waals surface area contributed by atoms with Crippen molar-refractivity contribution < 1.29 is 28.1 Å². The van der Waals surface area contributed by atoms with E-state index >= 15 is 0 Å². The molecule has 0 spiro atoms. The number of rotatable bonds is 3. The van der Waals surface area contributed by atoms with Gasteiger partial charge in [0.25, 0.3) is 0 Å². The van der Waals surface area contributed by atoms with Crippen molar-refractivity contribution in [1.29, 1.82) is 0 Å². The molecule has 0 amide bonds. The summed E-state index contributed by atoms with van der Waals surface area (Å²) in [6.07, 6.45) is 0. The normalized spacial score (nSPS) is 12.2. The van der Waals surface area contributed by atoms with Crippen molar-refractivity contribution in [3.8, 4) is 28.0 Å². The maximum atomic E-state index is 6.13. The summed E-state index contributed by atoms with van der Waals surface area (Å²) >= 11 is 1.36. The molecule has 0 N–H and O–H groups in total. The molecule has 1 nitrogen and oxygen atoms in total. The summed E-state index contributed by atoms with van der Waals surface area (Å²) in [6.45, 7) is 44.0. The topological polar surface area (TPSA) is 9.23 Å². The van der Waals surface area contributed by atoms with Crippen molar-refractivity contribution in [3.63, 3.8) is 0 Å². The van der Waals surface area contributed by atoms with E-state index in [0.29, 0.717) is 0 Å². The van der Waals surface area contributed by atoms with Gasteiger partial charge >= 0.3 is 30.2 Å². The van der Waals surface area contributed by atoms with Crippen molar-refractivity contribution >= 4 is 28.4 Å². The van der Waals surface area contributed by atoms with E-state index in [9.17, 15) is 0 Å². The fourth-order valence-corrected chi connectivity index (χ4v) is 7.69. The molecule has 318 valence electrons. The molecule has 0 bridgehead atoms. The third kappa shape index (κ3) is 12.1. The van der Waals surface area contributed by atoms with Crippen molar-refractivity contribution in [2.45, 2.75) is 152 Å². The van der Waals surface area contributed by atoms with Gasteiger partial charge in [-0.15, -0.1) is 56.9 Å². The first-order valence-corrected chi connectivity index (χ1v) is 24.8. The third-order valence-corrected chi connectivity index (χ3v) is 11.2. The van der Waals surface area contributed by atoms with Gasteiger partial charge in [-0.25, -0.2) is 0 Å². The van der Waals surface area contributed by atoms with Gasteiger partial charge in [0.05, 0.1) is 7.11 Å². The van der Waals surface area contributed by atoms with Crippen LogP contribution in [0, 0.1) is 35.6 Å². The zero-order valence-corrected chi connectivity index (χ0v) is 44.4. The van der Waals surface area contributed by atoms with Crippen LogP contribution in [0.15, 0.2) is 78.9 Å². The van der Waals surface area contributed by atoms with Crippen LogP contribution in [0.25, 0.3) is 43.8 Å². The van der Waals surface area contributed by atoms with Crippen LogP contribution in [0.2, 0.25) is 0 Å². The summed E-state index contributed by atoms with van der Waals surface area (Å²) in [4.78, 5) is 0. The van der Waals surface area contributed by atoms with Crippen LogP contribution in [0.1, 0.15) is 148 Å². The van der Waals surface area contributed by atoms with E-state index in [1.165, 1.54) is 112 Å². The SMILES string of the molecule is COc1c(C(C)(C)C)cc2[cH-]c(C)cc2c1-c1cc(C(C)(C)C)cc(C(C)(C)C)c1.Cc1cc(-c2cc(C(C)(C)C)cc(C(C)(C)C)c2)c2cc(C)[cH-]c2c1.[CH3-].[CH3-].[Si]=[Zr]. The number of methoxy groups -OCH3 is 1. The molecule has 0 saturated carbocycles. The standard InChI is InChI=1S/C29H39O.C25H31.2CH3.Si.Zr/c1-18-12-19-16-24(29(8,9)10)26(30-11)25(23(19)13-18)20-14-21(27(2,3)4)17-22(15-20)28(5,6)7;1-16-9-18-10-17(2)12-23(22(18)11-16)19-13-20(24(3,4)5)15-21(14-19)25(6,7)8;;;;/h12-17H,1-11H3;9-15H,1-8H3;2*1H3;;/q4*-1;;. The Hall–Kier alpha value is -3.00. The van der Waals surface area contributed by atoms with E-state index in [4.69, 9.17) is 4.74 Å². The molecule has 6 aromatic rings. The van der Waals surface area contributed by atoms with Gasteiger partial charge in [-0.2, -0.15) is 12.1 Å². The molecule has 0 unspecified atom stereocenters. The molecule has 0 aromatic heterocycles. The van der Waals surface area contributed by atoms with E-state index in [1.54, 1.807) is 0 Å². The number of ether oxygens (including phenoxy) is 1. The summed E-state index contributed by atoms with van der Waals surface area (Å²) in [7, 11) is 1.81.